The molecule has 18 heavy (non-hydrogen) atoms. The number of nitrogen functional groups attached to an aromatic ring is 1. The van der Waals surface area contributed by atoms with Crippen LogP contribution in [-0.4, -0.2) is 16.0 Å². The fourth-order valence-corrected chi connectivity index (χ4v) is 1.47. The predicted octanol–water partition coefficient (Wildman–Crippen LogP) is 2.35. The highest BCUT2D eigenvalue weighted by atomic mass is 35.5. The minimum Gasteiger partial charge on any atom is -0.435 e. The number of nitrogens with two attached hydrogens (primary N) is 1. The lowest BCUT2D eigenvalue weighted by atomic mass is 10.3. The van der Waals surface area contributed by atoms with Crippen LogP contribution in [0.1, 0.15) is 5.56 Å². The van der Waals surface area contributed by atoms with Crippen molar-refractivity contribution in [3.63, 3.8) is 0 Å². The molecular formula is C11H8ClFN4O. The zero-order valence-corrected chi connectivity index (χ0v) is 9.78. The molecule has 0 aliphatic carbocycles. The lowest BCUT2D eigenvalue weighted by Crippen LogP contribution is -2.13. The molecule has 1 aromatic carbocycles. The molecule has 5 nitrogen and oxygen atoms in total. The number of ether oxygens (including phenoxy) is 1. The van der Waals surface area contributed by atoms with Crippen LogP contribution in [-0.2, 0) is 0 Å². The van der Waals surface area contributed by atoms with Crippen molar-refractivity contribution in [1.29, 1.82) is 5.41 Å². The number of nitrogens with one attached hydrogen (secondary N) is 1. The molecule has 0 amide bonds. The Kier molecular flexibility index (Phi) is 3.38. The van der Waals surface area contributed by atoms with Gasteiger partial charge in [0.1, 0.15) is 17.4 Å². The van der Waals surface area contributed by atoms with Gasteiger partial charge in [-0.15, -0.1) is 5.10 Å². The third-order valence-electron chi connectivity index (χ3n) is 2.08. The first-order valence-corrected chi connectivity index (χ1v) is 5.24. The van der Waals surface area contributed by atoms with Gasteiger partial charge in [-0.1, -0.05) is 11.6 Å². The Morgan fingerprint density at radius 3 is 2.83 bits per heavy atom. The van der Waals surface area contributed by atoms with Crippen LogP contribution in [0.2, 0.25) is 5.02 Å². The molecule has 0 spiro atoms. The molecule has 92 valence electrons. The summed E-state index contributed by atoms with van der Waals surface area (Å²) in [6.45, 7) is 0. The van der Waals surface area contributed by atoms with Crippen molar-refractivity contribution in [1.82, 2.24) is 10.2 Å². The van der Waals surface area contributed by atoms with Gasteiger partial charge in [-0.3, -0.25) is 5.41 Å². The third kappa shape index (κ3) is 2.54. The van der Waals surface area contributed by atoms with Crippen LogP contribution in [0.15, 0.2) is 30.5 Å². The van der Waals surface area contributed by atoms with Crippen LogP contribution in [0.25, 0.3) is 0 Å². The number of amidine groups is 1. The second-order valence-corrected chi connectivity index (χ2v) is 3.75. The molecule has 0 saturated carbocycles. The Labute approximate surface area is 107 Å². The molecule has 0 bridgehead atoms. The first kappa shape index (κ1) is 12.3. The molecule has 0 fully saturated rings. The number of nitrogens with zero attached hydrogens (tertiary/aromatic N) is 2. The zero-order chi connectivity index (χ0) is 13.1. The summed E-state index contributed by atoms with van der Waals surface area (Å²) in [5.41, 5.74) is 5.66. The van der Waals surface area contributed by atoms with Gasteiger partial charge in [0.2, 0.25) is 5.88 Å². The van der Waals surface area contributed by atoms with E-state index < -0.39 is 5.82 Å². The number of rotatable bonds is 3. The molecular weight excluding hydrogens is 259 g/mol. The minimum atomic E-state index is -0.474. The van der Waals surface area contributed by atoms with E-state index in [1.165, 1.54) is 24.4 Å². The van der Waals surface area contributed by atoms with Crippen LogP contribution in [0, 0.1) is 11.2 Å². The van der Waals surface area contributed by atoms with Gasteiger partial charge in [0.05, 0.1) is 16.8 Å². The maximum Gasteiger partial charge on any atom is 0.249 e. The Bertz CT molecular complexity index is 605. The highest BCUT2D eigenvalue weighted by molar-refractivity contribution is 6.32. The van der Waals surface area contributed by atoms with Crippen molar-refractivity contribution >= 4 is 17.4 Å². The topological polar surface area (TPSA) is 84.9 Å². The predicted molar refractivity (Wildman–Crippen MR) is 64.5 cm³/mol. The van der Waals surface area contributed by atoms with E-state index in [0.29, 0.717) is 0 Å². The average Bonchev–Trinajstić information content (AvgIpc) is 2.33. The first-order chi connectivity index (χ1) is 8.58. The number of aromatic nitrogens is 2. The van der Waals surface area contributed by atoms with Crippen LogP contribution < -0.4 is 10.5 Å². The molecule has 7 heteroatoms. The molecule has 0 aliphatic heterocycles. The summed E-state index contributed by atoms with van der Waals surface area (Å²) >= 11 is 5.81. The Morgan fingerprint density at radius 1 is 1.39 bits per heavy atom. The van der Waals surface area contributed by atoms with Gasteiger partial charge < -0.3 is 10.5 Å². The summed E-state index contributed by atoms with van der Waals surface area (Å²) in [6.07, 6.45) is 1.38. The van der Waals surface area contributed by atoms with Gasteiger partial charge in [0.25, 0.3) is 0 Å². The highest BCUT2D eigenvalue weighted by Gasteiger charge is 2.11. The average molecular weight is 267 g/mol. The maximum absolute atomic E-state index is 12.9. The van der Waals surface area contributed by atoms with Crippen molar-refractivity contribution in [3.8, 4) is 11.6 Å². The highest BCUT2D eigenvalue weighted by Crippen LogP contribution is 2.29. The maximum atomic E-state index is 12.9. The van der Waals surface area contributed by atoms with Crippen molar-refractivity contribution in [3.05, 3.63) is 46.9 Å². The fraction of sp³-hybridized carbons (Fsp3) is 0. The normalized spacial score (nSPS) is 10.1. The van der Waals surface area contributed by atoms with Gasteiger partial charge in [-0.05, 0) is 24.3 Å². The number of hydrogen-bond acceptors (Lipinski definition) is 4. The summed E-state index contributed by atoms with van der Waals surface area (Å²) in [4.78, 5) is 0. The van der Waals surface area contributed by atoms with Gasteiger partial charge in [0.15, 0.2) is 0 Å². The Hall–Kier alpha value is -2.21. The van der Waals surface area contributed by atoms with E-state index in [1.54, 1.807) is 0 Å². The number of benzene rings is 1. The third-order valence-corrected chi connectivity index (χ3v) is 2.37. The summed E-state index contributed by atoms with van der Waals surface area (Å²) in [5, 5.41) is 14.8. The monoisotopic (exact) mass is 266 g/mol. The number of hydrogen-bond donors (Lipinski definition) is 2. The van der Waals surface area contributed by atoms with Gasteiger partial charge in [0, 0.05) is 0 Å². The van der Waals surface area contributed by atoms with E-state index in [4.69, 9.17) is 27.5 Å². The molecule has 2 rings (SSSR count). The van der Waals surface area contributed by atoms with E-state index >= 15 is 0 Å². The molecule has 0 atom stereocenters. The summed E-state index contributed by atoms with van der Waals surface area (Å²) in [7, 11) is 0. The second-order valence-electron chi connectivity index (χ2n) is 3.34. The largest absolute Gasteiger partial charge is 0.435 e. The van der Waals surface area contributed by atoms with Crippen LogP contribution in [0.5, 0.6) is 11.6 Å². The van der Waals surface area contributed by atoms with E-state index in [0.717, 1.165) is 6.07 Å². The van der Waals surface area contributed by atoms with Gasteiger partial charge in [-0.25, -0.2) is 4.39 Å². The second kappa shape index (κ2) is 4.97. The molecule has 2 aromatic rings. The van der Waals surface area contributed by atoms with E-state index in [1.807, 2.05) is 0 Å². The molecule has 0 unspecified atom stereocenters. The summed E-state index contributed by atoms with van der Waals surface area (Å²) < 4.78 is 18.2. The van der Waals surface area contributed by atoms with Crippen LogP contribution >= 0.6 is 11.6 Å². The SMILES string of the molecule is N=C(N)c1ccnnc1Oc1ccc(F)cc1Cl. The quantitative estimate of drug-likeness (QED) is 0.660. The lowest BCUT2D eigenvalue weighted by Gasteiger charge is -2.09. The molecule has 1 heterocycles. The number of halogens is 2. The fourth-order valence-electron chi connectivity index (χ4n) is 1.26. The summed E-state index contributed by atoms with van der Waals surface area (Å²) in [6, 6.07) is 5.16. The molecule has 0 aliphatic rings. The lowest BCUT2D eigenvalue weighted by molar-refractivity contribution is 0.452. The van der Waals surface area contributed by atoms with Crippen molar-refractivity contribution < 1.29 is 9.13 Å². The van der Waals surface area contributed by atoms with Gasteiger partial charge >= 0.3 is 0 Å². The van der Waals surface area contributed by atoms with Gasteiger partial charge in [-0.2, -0.15) is 5.10 Å². The Morgan fingerprint density at radius 2 is 2.17 bits per heavy atom. The molecule has 0 radical (unpaired) electrons. The van der Waals surface area contributed by atoms with Crippen molar-refractivity contribution in [2.45, 2.75) is 0 Å². The first-order valence-electron chi connectivity index (χ1n) is 4.87. The van der Waals surface area contributed by atoms with E-state index in [2.05, 4.69) is 10.2 Å². The molecule has 0 saturated heterocycles. The minimum absolute atomic E-state index is 0.0403. The van der Waals surface area contributed by atoms with E-state index in [-0.39, 0.29) is 28.1 Å². The van der Waals surface area contributed by atoms with Crippen molar-refractivity contribution in [2.24, 2.45) is 5.73 Å². The summed E-state index contributed by atoms with van der Waals surface area (Å²) in [5.74, 6) is -0.434. The Balaban J connectivity index is 2.37. The van der Waals surface area contributed by atoms with Crippen LogP contribution in [0.3, 0.4) is 0 Å². The zero-order valence-electron chi connectivity index (χ0n) is 9.02. The molecule has 3 N–H and O–H groups in total. The molecule has 1 aromatic heterocycles. The van der Waals surface area contributed by atoms with Crippen LogP contribution in [0.4, 0.5) is 4.39 Å². The van der Waals surface area contributed by atoms with E-state index in [9.17, 15) is 4.39 Å². The standard InChI is InChI=1S/C11H8ClFN4O/c12-8-5-6(13)1-2-9(8)18-11-7(10(14)15)3-4-16-17-11/h1-5H,(H3,14,15). The smallest absolute Gasteiger partial charge is 0.249 e. The van der Waals surface area contributed by atoms with Crippen molar-refractivity contribution in [2.75, 3.05) is 0 Å².